The third-order valence-corrected chi connectivity index (χ3v) is 4.72. The molecular formula is C17H24FN3O3. The molecule has 0 saturated carbocycles. The Kier molecular flexibility index (Phi) is 5.20. The molecule has 2 fully saturated rings. The minimum atomic E-state index is -0.356. The van der Waals surface area contributed by atoms with E-state index in [1.165, 1.54) is 19.2 Å². The summed E-state index contributed by atoms with van der Waals surface area (Å²) in [6, 6.07) is 4.53. The van der Waals surface area contributed by atoms with Crippen molar-refractivity contribution < 1.29 is 18.7 Å². The Balaban J connectivity index is 1.59. The Labute approximate surface area is 141 Å². The summed E-state index contributed by atoms with van der Waals surface area (Å²) in [6.07, 6.45) is 1.24. The van der Waals surface area contributed by atoms with Gasteiger partial charge in [0.2, 0.25) is 0 Å². The highest BCUT2D eigenvalue weighted by Gasteiger charge is 2.34. The number of hydrogen-bond acceptors (Lipinski definition) is 5. The molecule has 3 rings (SSSR count). The molecule has 0 bridgehead atoms. The van der Waals surface area contributed by atoms with Gasteiger partial charge in [0.05, 0.1) is 18.9 Å². The first-order valence-electron chi connectivity index (χ1n) is 8.35. The number of piperazine rings is 1. The molecular weight excluding hydrogens is 313 g/mol. The maximum absolute atomic E-state index is 13.3. The van der Waals surface area contributed by atoms with Crippen LogP contribution in [0.15, 0.2) is 18.2 Å². The molecule has 0 unspecified atom stereocenters. The molecule has 1 aromatic rings. The van der Waals surface area contributed by atoms with E-state index >= 15 is 0 Å². The number of rotatable bonds is 4. The fourth-order valence-electron chi connectivity index (χ4n) is 3.34. The van der Waals surface area contributed by atoms with Crippen LogP contribution in [0.4, 0.5) is 10.1 Å². The van der Waals surface area contributed by atoms with Crippen molar-refractivity contribution in [3.05, 3.63) is 24.0 Å². The van der Waals surface area contributed by atoms with Crippen molar-refractivity contribution in [2.24, 2.45) is 5.73 Å². The topological polar surface area (TPSA) is 68.0 Å². The average Bonchev–Trinajstić information content (AvgIpc) is 3.10. The predicted octanol–water partition coefficient (Wildman–Crippen LogP) is 0.989. The van der Waals surface area contributed by atoms with E-state index in [2.05, 4.69) is 4.90 Å². The second kappa shape index (κ2) is 7.36. The molecule has 2 N–H and O–H groups in total. The third kappa shape index (κ3) is 3.47. The van der Waals surface area contributed by atoms with Gasteiger partial charge >= 0.3 is 0 Å². The van der Waals surface area contributed by atoms with Gasteiger partial charge in [-0.1, -0.05) is 0 Å². The monoisotopic (exact) mass is 337 g/mol. The highest BCUT2D eigenvalue weighted by molar-refractivity contribution is 5.81. The molecule has 2 heterocycles. The second-order valence-electron chi connectivity index (χ2n) is 6.19. The number of anilines is 1. The molecule has 0 radical (unpaired) electrons. The van der Waals surface area contributed by atoms with Gasteiger partial charge in [-0.2, -0.15) is 0 Å². The number of hydrogen-bond donors (Lipinski definition) is 1. The minimum Gasteiger partial charge on any atom is -0.494 e. The Morgan fingerprint density at radius 3 is 2.71 bits per heavy atom. The largest absolute Gasteiger partial charge is 0.494 e. The lowest BCUT2D eigenvalue weighted by Crippen LogP contribution is -2.51. The van der Waals surface area contributed by atoms with Gasteiger partial charge in [0, 0.05) is 38.8 Å². The number of nitrogens with zero attached hydrogens (tertiary/aromatic N) is 2. The summed E-state index contributed by atoms with van der Waals surface area (Å²) in [4.78, 5) is 16.5. The van der Waals surface area contributed by atoms with Crippen molar-refractivity contribution in [2.75, 3.05) is 44.7 Å². The molecule has 24 heavy (non-hydrogen) atoms. The molecule has 2 atom stereocenters. The van der Waals surface area contributed by atoms with Gasteiger partial charge in [-0.3, -0.25) is 4.79 Å². The lowest BCUT2D eigenvalue weighted by Gasteiger charge is -2.37. The number of ether oxygens (including phenoxy) is 2. The number of benzene rings is 1. The van der Waals surface area contributed by atoms with Gasteiger partial charge in [0.15, 0.2) is 0 Å². The van der Waals surface area contributed by atoms with Crippen LogP contribution in [0.25, 0.3) is 0 Å². The second-order valence-corrected chi connectivity index (χ2v) is 6.19. The molecule has 7 heteroatoms. The zero-order valence-electron chi connectivity index (χ0n) is 13.9. The van der Waals surface area contributed by atoms with E-state index in [0.717, 1.165) is 18.5 Å². The van der Waals surface area contributed by atoms with Crippen LogP contribution in [0.3, 0.4) is 0 Å². The number of carbonyl (C=O) groups excluding carboxylic acids is 1. The van der Waals surface area contributed by atoms with E-state index in [0.29, 0.717) is 38.5 Å². The van der Waals surface area contributed by atoms with Crippen molar-refractivity contribution in [2.45, 2.75) is 25.0 Å². The van der Waals surface area contributed by atoms with E-state index < -0.39 is 0 Å². The Morgan fingerprint density at radius 2 is 2.08 bits per heavy atom. The Hall–Kier alpha value is -1.86. The summed E-state index contributed by atoms with van der Waals surface area (Å²) in [5.41, 5.74) is 6.45. The lowest BCUT2D eigenvalue weighted by atomic mass is 10.1. The number of nitrogens with two attached hydrogens (primary N) is 1. The maximum Gasteiger partial charge on any atom is 0.251 e. The molecule has 0 aromatic heterocycles. The van der Waals surface area contributed by atoms with Gasteiger partial charge in [0.25, 0.3) is 5.91 Å². The van der Waals surface area contributed by atoms with Crippen LogP contribution in [0, 0.1) is 5.82 Å². The van der Waals surface area contributed by atoms with Crippen LogP contribution in [0.1, 0.15) is 12.8 Å². The minimum absolute atomic E-state index is 0.00344. The highest BCUT2D eigenvalue weighted by atomic mass is 19.1. The van der Waals surface area contributed by atoms with Gasteiger partial charge in [0.1, 0.15) is 17.7 Å². The number of halogens is 1. The summed E-state index contributed by atoms with van der Waals surface area (Å²) < 4.78 is 24.3. The smallest absolute Gasteiger partial charge is 0.251 e. The van der Waals surface area contributed by atoms with E-state index in [9.17, 15) is 9.18 Å². The Morgan fingerprint density at radius 1 is 1.33 bits per heavy atom. The van der Waals surface area contributed by atoms with Crippen LogP contribution in [0.2, 0.25) is 0 Å². The summed E-state index contributed by atoms with van der Waals surface area (Å²) in [6.45, 7) is 3.06. The molecule has 0 aliphatic carbocycles. The van der Waals surface area contributed by atoms with Gasteiger partial charge in [-0.05, 0) is 25.0 Å². The molecule has 6 nitrogen and oxygen atoms in total. The number of amides is 1. The van der Waals surface area contributed by atoms with Gasteiger partial charge < -0.3 is 25.0 Å². The van der Waals surface area contributed by atoms with Crippen molar-refractivity contribution in [3.8, 4) is 5.75 Å². The van der Waals surface area contributed by atoms with E-state index in [1.54, 1.807) is 6.07 Å². The van der Waals surface area contributed by atoms with Crippen LogP contribution < -0.4 is 15.4 Å². The first-order chi connectivity index (χ1) is 11.6. The maximum atomic E-state index is 13.3. The van der Waals surface area contributed by atoms with Crippen molar-refractivity contribution in [1.82, 2.24) is 4.90 Å². The predicted molar refractivity (Wildman–Crippen MR) is 88.7 cm³/mol. The van der Waals surface area contributed by atoms with E-state index in [4.69, 9.17) is 15.2 Å². The lowest BCUT2D eigenvalue weighted by molar-refractivity contribution is -0.143. The normalized spacial score (nSPS) is 24.3. The van der Waals surface area contributed by atoms with Gasteiger partial charge in [-0.25, -0.2) is 4.39 Å². The summed E-state index contributed by atoms with van der Waals surface area (Å²) in [7, 11) is 1.53. The molecule has 2 aliphatic heterocycles. The third-order valence-electron chi connectivity index (χ3n) is 4.72. The summed E-state index contributed by atoms with van der Waals surface area (Å²) in [5.74, 6) is 0.244. The van der Waals surface area contributed by atoms with Crippen LogP contribution in [0.5, 0.6) is 5.75 Å². The van der Waals surface area contributed by atoms with Crippen LogP contribution in [-0.4, -0.2) is 62.8 Å². The van der Waals surface area contributed by atoms with Crippen LogP contribution in [-0.2, 0) is 9.53 Å². The molecule has 1 amide bonds. The molecule has 2 aliphatic rings. The van der Waals surface area contributed by atoms with E-state index in [-0.39, 0.29) is 23.9 Å². The first-order valence-corrected chi connectivity index (χ1v) is 8.35. The summed E-state index contributed by atoms with van der Waals surface area (Å²) >= 11 is 0. The zero-order chi connectivity index (χ0) is 17.1. The standard InChI is InChI=1S/C17H24FN3O3/c1-23-16-10-12(18)2-4-14(16)20-6-8-21(9-7-20)17(22)15-5-3-13(11-19)24-15/h2,4,10,13,15H,3,5-9,11,19H2,1H3/t13-,15+/m1/s1. The Bertz CT molecular complexity index is 590. The average molecular weight is 337 g/mol. The van der Waals surface area contributed by atoms with Crippen molar-refractivity contribution in [1.29, 1.82) is 0 Å². The van der Waals surface area contributed by atoms with Crippen LogP contribution >= 0.6 is 0 Å². The fraction of sp³-hybridized carbons (Fsp3) is 0.588. The van der Waals surface area contributed by atoms with Crippen molar-refractivity contribution in [3.63, 3.8) is 0 Å². The zero-order valence-corrected chi connectivity index (χ0v) is 13.9. The van der Waals surface area contributed by atoms with Gasteiger partial charge in [-0.15, -0.1) is 0 Å². The fourth-order valence-corrected chi connectivity index (χ4v) is 3.34. The SMILES string of the molecule is COc1cc(F)ccc1N1CCN(C(=O)[C@@H]2CC[C@H](CN)O2)CC1. The molecule has 132 valence electrons. The molecule has 2 saturated heterocycles. The molecule has 0 spiro atoms. The molecule has 1 aromatic carbocycles. The van der Waals surface area contributed by atoms with Crippen molar-refractivity contribution >= 4 is 11.6 Å². The summed E-state index contributed by atoms with van der Waals surface area (Å²) in [5, 5.41) is 0. The number of methoxy groups -OCH3 is 1. The first kappa shape index (κ1) is 17.0. The number of carbonyl (C=O) groups is 1. The van der Waals surface area contributed by atoms with E-state index in [1.807, 2.05) is 4.90 Å². The quantitative estimate of drug-likeness (QED) is 0.887. The highest BCUT2D eigenvalue weighted by Crippen LogP contribution is 2.30.